The summed E-state index contributed by atoms with van der Waals surface area (Å²) >= 11 is 0. The van der Waals surface area contributed by atoms with Crippen molar-refractivity contribution in [3.63, 3.8) is 0 Å². The van der Waals surface area contributed by atoms with Crippen molar-refractivity contribution in [1.29, 1.82) is 5.26 Å². The molecular formula is C24H24N6O3. The van der Waals surface area contributed by atoms with Crippen LogP contribution in [0, 0.1) is 11.3 Å². The molecule has 0 radical (unpaired) electrons. The molecule has 0 aliphatic carbocycles. The Balaban J connectivity index is 1.57. The minimum atomic E-state index is -0.426. The lowest BCUT2D eigenvalue weighted by atomic mass is 10.1. The van der Waals surface area contributed by atoms with Crippen molar-refractivity contribution in [1.82, 2.24) is 14.9 Å². The number of carbonyl (C=O) groups excluding carboxylic acids is 1. The molecule has 0 saturated carbocycles. The molecule has 3 aromatic rings. The zero-order valence-corrected chi connectivity index (χ0v) is 18.3. The number of pyridine rings is 2. The molecule has 9 nitrogen and oxygen atoms in total. The zero-order chi connectivity index (χ0) is 22.9. The quantitative estimate of drug-likeness (QED) is 0.657. The average molecular weight is 444 g/mol. The molecule has 2 aliphatic rings. The van der Waals surface area contributed by atoms with Crippen LogP contribution in [0.3, 0.4) is 0 Å². The van der Waals surface area contributed by atoms with Crippen molar-refractivity contribution in [2.45, 2.75) is 32.0 Å². The molecule has 1 aromatic carbocycles. The molecule has 2 amide bonds. The smallest absolute Gasteiger partial charge is 0.315 e. The van der Waals surface area contributed by atoms with Crippen LogP contribution in [0.25, 0.3) is 10.9 Å². The van der Waals surface area contributed by atoms with Gasteiger partial charge in [0.1, 0.15) is 25.0 Å². The van der Waals surface area contributed by atoms with Crippen molar-refractivity contribution in [3.8, 4) is 17.6 Å². The predicted octanol–water partition coefficient (Wildman–Crippen LogP) is 2.82. The number of rotatable bonds is 4. The maximum atomic E-state index is 12.0. The number of ether oxygens (including phenoxy) is 2. The lowest BCUT2D eigenvalue weighted by Gasteiger charge is -2.32. The molecule has 2 N–H and O–H groups in total. The molecule has 9 heteroatoms. The highest BCUT2D eigenvalue weighted by Crippen LogP contribution is 2.34. The van der Waals surface area contributed by atoms with Crippen LogP contribution in [0.4, 0.5) is 10.5 Å². The molecule has 0 bridgehead atoms. The normalized spacial score (nSPS) is 19.3. The summed E-state index contributed by atoms with van der Waals surface area (Å²) in [5, 5.41) is 10.3. The third kappa shape index (κ3) is 3.96. The molecule has 1 unspecified atom stereocenters. The monoisotopic (exact) mass is 444 g/mol. The number of hydrogen-bond acceptors (Lipinski definition) is 7. The van der Waals surface area contributed by atoms with Crippen LogP contribution in [0.2, 0.25) is 0 Å². The Morgan fingerprint density at radius 2 is 2.09 bits per heavy atom. The zero-order valence-electron chi connectivity index (χ0n) is 18.3. The Bertz CT molecular complexity index is 1260. The molecule has 1 fully saturated rings. The molecule has 2 aliphatic heterocycles. The van der Waals surface area contributed by atoms with E-state index in [9.17, 15) is 10.1 Å². The van der Waals surface area contributed by atoms with Gasteiger partial charge in [0.25, 0.3) is 0 Å². The SMILES string of the molecule is CC1C[C@@H](N(Cc2cc3c(cn2)OCCO3)c2cccc3ccc(C#N)nc23)CN1C(N)=O. The predicted molar refractivity (Wildman–Crippen MR) is 122 cm³/mol. The lowest BCUT2D eigenvalue weighted by molar-refractivity contribution is 0.170. The highest BCUT2D eigenvalue weighted by molar-refractivity contribution is 5.91. The van der Waals surface area contributed by atoms with Crippen molar-refractivity contribution in [3.05, 3.63) is 54.0 Å². The number of benzene rings is 1. The summed E-state index contributed by atoms with van der Waals surface area (Å²) in [5.74, 6) is 1.31. The van der Waals surface area contributed by atoms with E-state index < -0.39 is 6.03 Å². The fourth-order valence-electron chi connectivity index (χ4n) is 4.62. The van der Waals surface area contributed by atoms with Crippen LogP contribution in [0.15, 0.2) is 42.6 Å². The van der Waals surface area contributed by atoms with Crippen molar-refractivity contribution in [2.75, 3.05) is 24.7 Å². The van der Waals surface area contributed by atoms with E-state index in [0.717, 1.165) is 28.7 Å². The van der Waals surface area contributed by atoms with Gasteiger partial charge in [-0.15, -0.1) is 0 Å². The Kier molecular flexibility index (Phi) is 5.34. The van der Waals surface area contributed by atoms with Crippen LogP contribution in [-0.4, -0.2) is 52.7 Å². The van der Waals surface area contributed by atoms with E-state index in [1.54, 1.807) is 17.2 Å². The van der Waals surface area contributed by atoms with Gasteiger partial charge < -0.3 is 25.0 Å². The van der Waals surface area contributed by atoms with Gasteiger partial charge in [0, 0.05) is 30.1 Å². The molecule has 4 heterocycles. The van der Waals surface area contributed by atoms with Crippen LogP contribution in [0.1, 0.15) is 24.7 Å². The Hall–Kier alpha value is -4.06. The molecular weight excluding hydrogens is 420 g/mol. The number of fused-ring (bicyclic) bond motifs is 2. The van der Waals surface area contributed by atoms with Gasteiger partial charge >= 0.3 is 6.03 Å². The van der Waals surface area contributed by atoms with Crippen molar-refractivity contribution in [2.24, 2.45) is 5.73 Å². The van der Waals surface area contributed by atoms with Gasteiger partial charge in [-0.25, -0.2) is 9.78 Å². The summed E-state index contributed by atoms with van der Waals surface area (Å²) in [4.78, 5) is 25.1. The molecule has 5 rings (SSSR count). The first kappa shape index (κ1) is 20.8. The van der Waals surface area contributed by atoms with Crippen molar-refractivity contribution < 1.29 is 14.3 Å². The second-order valence-electron chi connectivity index (χ2n) is 8.33. The second-order valence-corrected chi connectivity index (χ2v) is 8.33. The minimum Gasteiger partial charge on any atom is -0.486 e. The van der Waals surface area contributed by atoms with Gasteiger partial charge in [-0.3, -0.25) is 4.98 Å². The first-order chi connectivity index (χ1) is 16.0. The lowest BCUT2D eigenvalue weighted by Crippen LogP contribution is -2.41. The third-order valence-electron chi connectivity index (χ3n) is 6.22. The average Bonchev–Trinajstić information content (AvgIpc) is 3.23. The summed E-state index contributed by atoms with van der Waals surface area (Å²) in [6.45, 7) is 3.97. The molecule has 168 valence electrons. The summed E-state index contributed by atoms with van der Waals surface area (Å²) in [6, 6.07) is 13.2. The van der Waals surface area contributed by atoms with E-state index in [2.05, 4.69) is 20.9 Å². The van der Waals surface area contributed by atoms with Gasteiger partial charge in [-0.1, -0.05) is 12.1 Å². The number of para-hydroxylation sites is 1. The Morgan fingerprint density at radius 1 is 1.27 bits per heavy atom. The van der Waals surface area contributed by atoms with Gasteiger partial charge in [-0.2, -0.15) is 5.26 Å². The summed E-state index contributed by atoms with van der Waals surface area (Å²) in [5.41, 5.74) is 8.39. The number of nitrogens with zero attached hydrogens (tertiary/aromatic N) is 5. The number of likely N-dealkylation sites (tertiary alicyclic amines) is 1. The molecule has 2 atom stereocenters. The standard InChI is InChI=1S/C24H24N6O3/c1-15-9-19(14-29(15)24(26)31)30(13-18-10-21-22(12-27-18)33-8-7-32-21)20-4-2-3-16-5-6-17(11-25)28-23(16)20/h2-6,10,12,15,19H,7-9,13-14H2,1H3,(H2,26,31)/t15?,19-/m1/s1. The first-order valence-electron chi connectivity index (χ1n) is 10.9. The summed E-state index contributed by atoms with van der Waals surface area (Å²) in [6.07, 6.45) is 2.44. The van der Waals surface area contributed by atoms with Gasteiger partial charge in [0.05, 0.1) is 29.6 Å². The van der Waals surface area contributed by atoms with E-state index in [4.69, 9.17) is 15.2 Å². The summed E-state index contributed by atoms with van der Waals surface area (Å²) in [7, 11) is 0. The maximum Gasteiger partial charge on any atom is 0.315 e. The fraction of sp³-hybridized carbons (Fsp3) is 0.333. The number of nitriles is 1. The Labute approximate surface area is 191 Å². The largest absolute Gasteiger partial charge is 0.486 e. The highest BCUT2D eigenvalue weighted by atomic mass is 16.6. The van der Waals surface area contributed by atoms with E-state index in [1.807, 2.05) is 37.3 Å². The maximum absolute atomic E-state index is 12.0. The molecule has 33 heavy (non-hydrogen) atoms. The molecule has 2 aromatic heterocycles. The van der Waals surface area contributed by atoms with Crippen LogP contribution in [0.5, 0.6) is 11.5 Å². The Morgan fingerprint density at radius 3 is 2.85 bits per heavy atom. The fourth-order valence-corrected chi connectivity index (χ4v) is 4.62. The topological polar surface area (TPSA) is 118 Å². The number of primary amides is 1. The van der Waals surface area contributed by atoms with Gasteiger partial charge in [0.2, 0.25) is 0 Å². The highest BCUT2D eigenvalue weighted by Gasteiger charge is 2.36. The third-order valence-corrected chi connectivity index (χ3v) is 6.22. The van der Waals surface area contributed by atoms with Crippen LogP contribution >= 0.6 is 0 Å². The number of amides is 2. The number of urea groups is 1. The number of nitrogens with two attached hydrogens (primary N) is 1. The van der Waals surface area contributed by atoms with E-state index in [0.29, 0.717) is 43.5 Å². The minimum absolute atomic E-state index is 0.000595. The first-order valence-corrected chi connectivity index (χ1v) is 10.9. The number of hydrogen-bond donors (Lipinski definition) is 1. The number of carbonyl (C=O) groups is 1. The van der Waals surface area contributed by atoms with Crippen LogP contribution in [-0.2, 0) is 6.54 Å². The van der Waals surface area contributed by atoms with Gasteiger partial charge in [-0.05, 0) is 31.5 Å². The van der Waals surface area contributed by atoms with E-state index in [1.165, 1.54) is 0 Å². The van der Waals surface area contributed by atoms with E-state index in [-0.39, 0.29) is 12.1 Å². The van der Waals surface area contributed by atoms with Crippen LogP contribution < -0.4 is 20.1 Å². The number of aromatic nitrogens is 2. The summed E-state index contributed by atoms with van der Waals surface area (Å²) < 4.78 is 11.3. The van der Waals surface area contributed by atoms with Crippen molar-refractivity contribution >= 4 is 22.6 Å². The van der Waals surface area contributed by atoms with E-state index >= 15 is 0 Å². The van der Waals surface area contributed by atoms with Gasteiger partial charge in [0.15, 0.2) is 11.5 Å². The molecule has 1 saturated heterocycles. The second kappa shape index (κ2) is 8.47. The number of anilines is 1. The molecule has 0 spiro atoms.